The van der Waals surface area contributed by atoms with Gasteiger partial charge in [0.25, 0.3) is 5.91 Å². The van der Waals surface area contributed by atoms with E-state index in [9.17, 15) is 9.90 Å². The highest BCUT2D eigenvalue weighted by Crippen LogP contribution is 2.19. The number of carbonyl (C=O) groups excluding carboxylic acids is 1. The predicted octanol–water partition coefficient (Wildman–Crippen LogP) is 1.84. The average Bonchev–Trinajstić information content (AvgIpc) is 2.28. The first-order valence-electron chi connectivity index (χ1n) is 5.13. The summed E-state index contributed by atoms with van der Waals surface area (Å²) in [5, 5.41) is 12.2. The zero-order chi connectivity index (χ0) is 12.0. The van der Waals surface area contributed by atoms with Crippen LogP contribution in [0.3, 0.4) is 0 Å². The number of phenolic OH excluding ortho intramolecular Hbond substituents is 1. The van der Waals surface area contributed by atoms with Crippen molar-refractivity contribution in [2.24, 2.45) is 0 Å². The molecule has 0 atom stereocenters. The molecule has 0 aliphatic carbocycles. The van der Waals surface area contributed by atoms with Crippen LogP contribution >= 0.6 is 0 Å². The average molecular weight is 217 g/mol. The third kappa shape index (κ3) is 3.03. The van der Waals surface area contributed by atoms with Crippen LogP contribution in [0, 0.1) is 18.8 Å². The van der Waals surface area contributed by atoms with Crippen LogP contribution in [0.1, 0.15) is 29.3 Å². The van der Waals surface area contributed by atoms with Gasteiger partial charge in [-0.1, -0.05) is 6.07 Å². The molecule has 0 saturated heterocycles. The van der Waals surface area contributed by atoms with Gasteiger partial charge < -0.3 is 10.4 Å². The van der Waals surface area contributed by atoms with Crippen molar-refractivity contribution in [3.8, 4) is 17.6 Å². The van der Waals surface area contributed by atoms with E-state index in [4.69, 9.17) is 0 Å². The standard InChI is InChI=1S/C13H15NO2/c1-3-4-5-9-14-13(16)11-7-6-8-12(15)10(11)2/h6-8,15H,5,9H2,1-2H3,(H,14,16). The van der Waals surface area contributed by atoms with Gasteiger partial charge in [-0.05, 0) is 26.0 Å². The predicted molar refractivity (Wildman–Crippen MR) is 63.2 cm³/mol. The van der Waals surface area contributed by atoms with Crippen LogP contribution in [-0.2, 0) is 0 Å². The van der Waals surface area contributed by atoms with Crippen molar-refractivity contribution in [3.63, 3.8) is 0 Å². The quantitative estimate of drug-likeness (QED) is 0.599. The number of amides is 1. The second-order valence-corrected chi connectivity index (χ2v) is 3.38. The van der Waals surface area contributed by atoms with Gasteiger partial charge in [-0.3, -0.25) is 4.79 Å². The Morgan fingerprint density at radius 1 is 1.50 bits per heavy atom. The highest BCUT2D eigenvalue weighted by atomic mass is 16.3. The van der Waals surface area contributed by atoms with Crippen molar-refractivity contribution < 1.29 is 9.90 Å². The van der Waals surface area contributed by atoms with E-state index in [1.807, 2.05) is 0 Å². The number of benzene rings is 1. The van der Waals surface area contributed by atoms with Gasteiger partial charge in [0.2, 0.25) is 0 Å². The lowest BCUT2D eigenvalue weighted by Gasteiger charge is -2.07. The van der Waals surface area contributed by atoms with E-state index in [2.05, 4.69) is 17.2 Å². The summed E-state index contributed by atoms with van der Waals surface area (Å²) >= 11 is 0. The van der Waals surface area contributed by atoms with Crippen molar-refractivity contribution in [1.82, 2.24) is 5.32 Å². The summed E-state index contributed by atoms with van der Waals surface area (Å²) in [4.78, 5) is 11.7. The molecule has 1 aromatic rings. The largest absolute Gasteiger partial charge is 0.508 e. The third-order valence-electron chi connectivity index (χ3n) is 2.26. The molecule has 3 heteroatoms. The second-order valence-electron chi connectivity index (χ2n) is 3.38. The highest BCUT2D eigenvalue weighted by Gasteiger charge is 2.09. The molecule has 0 fully saturated rings. The Morgan fingerprint density at radius 3 is 2.94 bits per heavy atom. The molecule has 2 N–H and O–H groups in total. The first kappa shape index (κ1) is 12.1. The lowest BCUT2D eigenvalue weighted by atomic mass is 10.1. The van der Waals surface area contributed by atoms with Crippen LogP contribution in [-0.4, -0.2) is 17.6 Å². The summed E-state index contributed by atoms with van der Waals surface area (Å²) in [6, 6.07) is 4.91. The molecule has 0 heterocycles. The zero-order valence-electron chi connectivity index (χ0n) is 9.50. The van der Waals surface area contributed by atoms with Gasteiger partial charge in [-0.2, -0.15) is 0 Å². The number of hydrogen-bond donors (Lipinski definition) is 2. The topological polar surface area (TPSA) is 49.3 Å². The van der Waals surface area contributed by atoms with Crippen molar-refractivity contribution in [2.75, 3.05) is 6.54 Å². The fourth-order valence-electron chi connectivity index (χ4n) is 1.33. The molecule has 1 aromatic carbocycles. The molecule has 0 aliphatic rings. The number of carbonyl (C=O) groups is 1. The van der Waals surface area contributed by atoms with Crippen molar-refractivity contribution in [3.05, 3.63) is 29.3 Å². The minimum atomic E-state index is -0.175. The Morgan fingerprint density at radius 2 is 2.25 bits per heavy atom. The fraction of sp³-hybridized carbons (Fsp3) is 0.308. The maximum absolute atomic E-state index is 11.7. The molecule has 0 radical (unpaired) electrons. The van der Waals surface area contributed by atoms with Crippen LogP contribution < -0.4 is 5.32 Å². The fourth-order valence-corrected chi connectivity index (χ4v) is 1.33. The first-order valence-corrected chi connectivity index (χ1v) is 5.13. The lowest BCUT2D eigenvalue weighted by molar-refractivity contribution is 0.0953. The van der Waals surface area contributed by atoms with E-state index in [-0.39, 0.29) is 11.7 Å². The number of hydrogen-bond acceptors (Lipinski definition) is 2. The molecule has 0 aromatic heterocycles. The molecule has 3 nitrogen and oxygen atoms in total. The summed E-state index contributed by atoms with van der Waals surface area (Å²) in [7, 11) is 0. The maximum atomic E-state index is 11.7. The van der Waals surface area contributed by atoms with E-state index in [1.54, 1.807) is 32.0 Å². The smallest absolute Gasteiger partial charge is 0.251 e. The minimum Gasteiger partial charge on any atom is -0.508 e. The van der Waals surface area contributed by atoms with E-state index in [1.165, 1.54) is 0 Å². The molecule has 1 rings (SSSR count). The van der Waals surface area contributed by atoms with Gasteiger partial charge >= 0.3 is 0 Å². The SMILES string of the molecule is CC#CCCNC(=O)c1cccc(O)c1C. The minimum absolute atomic E-state index is 0.140. The summed E-state index contributed by atoms with van der Waals surface area (Å²) < 4.78 is 0. The second kappa shape index (κ2) is 5.82. The van der Waals surface area contributed by atoms with Gasteiger partial charge in [0.1, 0.15) is 5.75 Å². The summed E-state index contributed by atoms with van der Waals surface area (Å²) in [5.41, 5.74) is 1.10. The van der Waals surface area contributed by atoms with Crippen LogP contribution in [0.5, 0.6) is 5.75 Å². The van der Waals surface area contributed by atoms with E-state index in [0.717, 1.165) is 0 Å². The Labute approximate surface area is 95.5 Å². The van der Waals surface area contributed by atoms with E-state index >= 15 is 0 Å². The van der Waals surface area contributed by atoms with Gasteiger partial charge in [0, 0.05) is 24.1 Å². The van der Waals surface area contributed by atoms with Crippen molar-refractivity contribution >= 4 is 5.91 Å². The molecule has 0 spiro atoms. The van der Waals surface area contributed by atoms with Crippen molar-refractivity contribution in [1.29, 1.82) is 0 Å². The number of nitrogens with one attached hydrogen (secondary N) is 1. The monoisotopic (exact) mass is 217 g/mol. The zero-order valence-corrected chi connectivity index (χ0v) is 9.50. The third-order valence-corrected chi connectivity index (χ3v) is 2.26. The van der Waals surface area contributed by atoms with Gasteiger partial charge in [-0.25, -0.2) is 0 Å². The molecule has 1 amide bonds. The summed E-state index contributed by atoms with van der Waals surface area (Å²) in [6.07, 6.45) is 0.639. The number of phenols is 1. The Bertz CT molecular complexity index is 441. The molecular formula is C13H15NO2. The summed E-state index contributed by atoms with van der Waals surface area (Å²) in [6.45, 7) is 4.01. The van der Waals surface area contributed by atoms with E-state index in [0.29, 0.717) is 24.1 Å². The normalized spacial score (nSPS) is 9.12. The Kier molecular flexibility index (Phi) is 4.41. The first-order chi connectivity index (χ1) is 7.66. The maximum Gasteiger partial charge on any atom is 0.251 e. The van der Waals surface area contributed by atoms with Gasteiger partial charge in [0.15, 0.2) is 0 Å². The summed E-state index contributed by atoms with van der Waals surface area (Å²) in [5.74, 6) is 5.59. The molecule has 84 valence electrons. The molecule has 16 heavy (non-hydrogen) atoms. The molecule has 0 aliphatic heterocycles. The molecule has 0 saturated carbocycles. The molecule has 0 unspecified atom stereocenters. The van der Waals surface area contributed by atoms with Crippen LogP contribution in [0.4, 0.5) is 0 Å². The van der Waals surface area contributed by atoms with Gasteiger partial charge in [0.05, 0.1) is 0 Å². The highest BCUT2D eigenvalue weighted by molar-refractivity contribution is 5.96. The Hall–Kier alpha value is -1.95. The molecule has 0 bridgehead atoms. The van der Waals surface area contributed by atoms with Crippen LogP contribution in [0.2, 0.25) is 0 Å². The van der Waals surface area contributed by atoms with Gasteiger partial charge in [-0.15, -0.1) is 11.8 Å². The van der Waals surface area contributed by atoms with E-state index < -0.39 is 0 Å². The van der Waals surface area contributed by atoms with Crippen LogP contribution in [0.25, 0.3) is 0 Å². The van der Waals surface area contributed by atoms with Crippen molar-refractivity contribution in [2.45, 2.75) is 20.3 Å². The number of rotatable bonds is 3. The van der Waals surface area contributed by atoms with Crippen LogP contribution in [0.15, 0.2) is 18.2 Å². The lowest BCUT2D eigenvalue weighted by Crippen LogP contribution is -2.24. The number of aromatic hydroxyl groups is 1. The Balaban J connectivity index is 2.65. The molecular weight excluding hydrogens is 202 g/mol.